The van der Waals surface area contributed by atoms with Crippen molar-refractivity contribution in [1.82, 2.24) is 20.4 Å². The van der Waals surface area contributed by atoms with E-state index in [1.807, 2.05) is 12.1 Å². The first-order chi connectivity index (χ1) is 13.7. The normalized spacial score (nSPS) is 24.9. The molecule has 1 aromatic heterocycles. The van der Waals surface area contributed by atoms with E-state index >= 15 is 0 Å². The Morgan fingerprint density at radius 1 is 1.36 bits per heavy atom. The summed E-state index contributed by atoms with van der Waals surface area (Å²) in [4.78, 5) is 15.0. The number of rotatable bonds is 6. The molecule has 2 fully saturated rings. The number of hydrogen-bond donors (Lipinski definition) is 3. The van der Waals surface area contributed by atoms with E-state index < -0.39 is 0 Å². The van der Waals surface area contributed by atoms with Crippen molar-refractivity contribution in [2.24, 2.45) is 0 Å². The second kappa shape index (κ2) is 8.43. The van der Waals surface area contributed by atoms with Crippen molar-refractivity contribution in [2.75, 3.05) is 26.3 Å². The van der Waals surface area contributed by atoms with Gasteiger partial charge in [-0.3, -0.25) is 14.8 Å². The number of fused-ring (bicyclic) bond motifs is 1. The maximum atomic E-state index is 12.7. The average Bonchev–Trinajstić information content (AvgIpc) is 3.35. The van der Waals surface area contributed by atoms with E-state index in [0.717, 1.165) is 37.2 Å². The summed E-state index contributed by atoms with van der Waals surface area (Å²) in [6, 6.07) is 10.5. The minimum Gasteiger partial charge on any atom is -0.396 e. The van der Waals surface area contributed by atoms with Crippen molar-refractivity contribution >= 4 is 5.91 Å². The number of morpholine rings is 1. The molecule has 3 atom stereocenters. The van der Waals surface area contributed by atoms with Crippen LogP contribution in [0.5, 0.6) is 0 Å². The summed E-state index contributed by atoms with van der Waals surface area (Å²) in [5, 5.41) is 19.4. The third kappa shape index (κ3) is 4.11. The Hall–Kier alpha value is -2.22. The summed E-state index contributed by atoms with van der Waals surface area (Å²) >= 11 is 0. The maximum absolute atomic E-state index is 12.7. The van der Waals surface area contributed by atoms with E-state index in [1.54, 1.807) is 6.07 Å². The number of hydrogen-bond acceptors (Lipinski definition) is 5. The van der Waals surface area contributed by atoms with Crippen molar-refractivity contribution in [3.8, 4) is 11.3 Å². The van der Waals surface area contributed by atoms with Crippen molar-refractivity contribution < 1.29 is 14.6 Å². The minimum absolute atomic E-state index is 0.0879. The van der Waals surface area contributed by atoms with Gasteiger partial charge in [-0.15, -0.1) is 0 Å². The van der Waals surface area contributed by atoms with E-state index in [2.05, 4.69) is 39.5 Å². The lowest BCUT2D eigenvalue weighted by atomic mass is 10.1. The number of benzene rings is 1. The van der Waals surface area contributed by atoms with E-state index in [-0.39, 0.29) is 24.7 Å². The van der Waals surface area contributed by atoms with Gasteiger partial charge in [0.2, 0.25) is 0 Å². The molecule has 150 valence electrons. The molecule has 7 heteroatoms. The van der Waals surface area contributed by atoms with Crippen molar-refractivity contribution in [1.29, 1.82) is 0 Å². The lowest BCUT2D eigenvalue weighted by Crippen LogP contribution is -2.46. The number of nitrogens with zero attached hydrogens (tertiary/aromatic N) is 2. The number of amides is 1. The Balaban J connectivity index is 1.35. The van der Waals surface area contributed by atoms with Crippen LogP contribution in [-0.2, 0) is 11.2 Å². The summed E-state index contributed by atoms with van der Waals surface area (Å²) in [6.07, 6.45) is 2.64. The molecule has 28 heavy (non-hydrogen) atoms. The molecule has 0 saturated carbocycles. The molecule has 2 saturated heterocycles. The highest BCUT2D eigenvalue weighted by molar-refractivity contribution is 5.93. The fraction of sp³-hybridized carbons (Fsp3) is 0.524. The number of aliphatic hydroxyl groups excluding tert-OH is 1. The first-order valence-electron chi connectivity index (χ1n) is 10.1. The summed E-state index contributed by atoms with van der Waals surface area (Å²) in [6.45, 7) is 4.58. The summed E-state index contributed by atoms with van der Waals surface area (Å²) in [5.41, 5.74) is 3.53. The van der Waals surface area contributed by atoms with Gasteiger partial charge in [-0.2, -0.15) is 5.10 Å². The molecule has 7 nitrogen and oxygen atoms in total. The van der Waals surface area contributed by atoms with E-state index in [4.69, 9.17) is 9.84 Å². The molecule has 0 radical (unpaired) electrons. The molecule has 3 N–H and O–H groups in total. The Morgan fingerprint density at radius 3 is 2.93 bits per heavy atom. The lowest BCUT2D eigenvalue weighted by Gasteiger charge is -2.34. The quantitative estimate of drug-likeness (QED) is 0.704. The van der Waals surface area contributed by atoms with E-state index in [9.17, 15) is 4.79 Å². The predicted octanol–water partition coefficient (Wildman–Crippen LogP) is 1.59. The lowest BCUT2D eigenvalue weighted by molar-refractivity contribution is -0.0566. The molecule has 0 spiro atoms. The zero-order chi connectivity index (χ0) is 19.5. The second-order valence-electron chi connectivity index (χ2n) is 7.70. The fourth-order valence-electron chi connectivity index (χ4n) is 4.13. The van der Waals surface area contributed by atoms with Gasteiger partial charge in [0.25, 0.3) is 5.91 Å². The Morgan fingerprint density at radius 2 is 2.18 bits per heavy atom. The highest BCUT2D eigenvalue weighted by Crippen LogP contribution is 2.25. The summed E-state index contributed by atoms with van der Waals surface area (Å²) in [7, 11) is 0. The van der Waals surface area contributed by atoms with Gasteiger partial charge in [-0.05, 0) is 30.9 Å². The molecule has 0 bridgehead atoms. The smallest absolute Gasteiger partial charge is 0.269 e. The average molecular weight is 384 g/mol. The van der Waals surface area contributed by atoms with Gasteiger partial charge in [0.15, 0.2) is 0 Å². The number of aromatic amines is 1. The number of nitrogens with one attached hydrogen (secondary N) is 2. The first kappa shape index (κ1) is 19.1. The third-order valence-electron chi connectivity index (χ3n) is 5.76. The van der Waals surface area contributed by atoms with Crippen LogP contribution in [0.4, 0.5) is 0 Å². The second-order valence-corrected chi connectivity index (χ2v) is 7.70. The monoisotopic (exact) mass is 384 g/mol. The van der Waals surface area contributed by atoms with Crippen molar-refractivity contribution in [3.63, 3.8) is 0 Å². The number of ether oxygens (including phenoxy) is 1. The largest absolute Gasteiger partial charge is 0.396 e. The highest BCUT2D eigenvalue weighted by atomic mass is 16.5. The van der Waals surface area contributed by atoms with Crippen LogP contribution < -0.4 is 5.32 Å². The summed E-state index contributed by atoms with van der Waals surface area (Å²) < 4.78 is 5.81. The molecule has 4 rings (SSSR count). The van der Waals surface area contributed by atoms with Gasteiger partial charge < -0.3 is 15.2 Å². The van der Waals surface area contributed by atoms with Gasteiger partial charge in [-0.1, -0.05) is 31.2 Å². The zero-order valence-electron chi connectivity index (χ0n) is 16.2. The van der Waals surface area contributed by atoms with Gasteiger partial charge in [0.05, 0.1) is 18.4 Å². The maximum Gasteiger partial charge on any atom is 0.269 e. The van der Waals surface area contributed by atoms with E-state index in [0.29, 0.717) is 24.8 Å². The summed E-state index contributed by atoms with van der Waals surface area (Å²) in [5.74, 6) is -0.124. The van der Waals surface area contributed by atoms with Crippen LogP contribution >= 0.6 is 0 Å². The predicted molar refractivity (Wildman–Crippen MR) is 106 cm³/mol. The Kier molecular flexibility index (Phi) is 5.75. The molecule has 3 heterocycles. The number of H-pyrrole nitrogens is 1. The number of carbonyl (C=O) groups is 1. The highest BCUT2D eigenvalue weighted by Gasteiger charge is 2.37. The van der Waals surface area contributed by atoms with Crippen LogP contribution in [0.1, 0.15) is 35.8 Å². The standard InChI is InChI=1S/C21H28N4O3/c1-2-14-3-5-15(6-4-14)19-10-20(24-23-19)21(27)22-16-9-17-13-28-18(7-8-26)12-25(17)11-16/h3-6,10,16-18,26H,2,7-9,11-13H2,1H3,(H,22,27)(H,23,24)/t16-,17-,18-/m0/s1. The molecule has 2 aliphatic heterocycles. The van der Waals surface area contributed by atoms with Gasteiger partial charge in [-0.25, -0.2) is 0 Å². The van der Waals surface area contributed by atoms with Crippen LogP contribution in [0.2, 0.25) is 0 Å². The van der Waals surface area contributed by atoms with Crippen LogP contribution in [0.15, 0.2) is 30.3 Å². The number of aromatic nitrogens is 2. The van der Waals surface area contributed by atoms with Crippen molar-refractivity contribution in [2.45, 2.75) is 44.4 Å². The van der Waals surface area contributed by atoms with Crippen LogP contribution in [0.3, 0.4) is 0 Å². The van der Waals surface area contributed by atoms with Gasteiger partial charge in [0, 0.05) is 37.3 Å². The molecular formula is C21H28N4O3. The number of aliphatic hydroxyl groups is 1. The molecule has 2 aromatic rings. The fourth-order valence-corrected chi connectivity index (χ4v) is 4.13. The van der Waals surface area contributed by atoms with Gasteiger partial charge >= 0.3 is 0 Å². The topological polar surface area (TPSA) is 90.5 Å². The Labute approximate surface area is 165 Å². The van der Waals surface area contributed by atoms with Crippen molar-refractivity contribution in [3.05, 3.63) is 41.6 Å². The van der Waals surface area contributed by atoms with Crippen LogP contribution in [0, 0.1) is 0 Å². The SMILES string of the molecule is CCc1ccc(-c2cc(C(=O)N[C@H]3C[C@H]4CO[C@@H](CCO)CN4C3)[nH]n2)cc1. The number of carbonyl (C=O) groups excluding carboxylic acids is 1. The zero-order valence-corrected chi connectivity index (χ0v) is 16.2. The van der Waals surface area contributed by atoms with Crippen LogP contribution in [-0.4, -0.2) is 70.6 Å². The number of aryl methyl sites for hydroxylation is 1. The van der Waals surface area contributed by atoms with E-state index in [1.165, 1.54) is 5.56 Å². The van der Waals surface area contributed by atoms with Gasteiger partial charge in [0.1, 0.15) is 5.69 Å². The molecule has 1 aromatic carbocycles. The minimum atomic E-state index is -0.124. The molecular weight excluding hydrogens is 356 g/mol. The molecule has 0 unspecified atom stereocenters. The van der Waals surface area contributed by atoms with Crippen LogP contribution in [0.25, 0.3) is 11.3 Å². The molecule has 0 aliphatic carbocycles. The third-order valence-corrected chi connectivity index (χ3v) is 5.76. The molecule has 1 amide bonds. The molecule has 2 aliphatic rings. The first-order valence-corrected chi connectivity index (χ1v) is 10.1. The Bertz CT molecular complexity index is 804.